The highest BCUT2D eigenvalue weighted by atomic mass is 79.9. The molecule has 5 heteroatoms. The molecular formula is C12H14BrN3S. The first kappa shape index (κ1) is 12.5. The van der Waals surface area contributed by atoms with Gasteiger partial charge in [-0.15, -0.1) is 11.3 Å². The van der Waals surface area contributed by atoms with Gasteiger partial charge in [-0.25, -0.2) is 9.97 Å². The smallest absolute Gasteiger partial charge is 0.130 e. The van der Waals surface area contributed by atoms with Gasteiger partial charge in [-0.3, -0.25) is 0 Å². The topological polar surface area (TPSA) is 37.8 Å². The van der Waals surface area contributed by atoms with E-state index in [1.165, 1.54) is 4.88 Å². The molecule has 2 rings (SSSR count). The minimum absolute atomic E-state index is 0.103. The molecule has 0 fully saturated rings. The lowest BCUT2D eigenvalue weighted by molar-refractivity contribution is 0.568. The zero-order chi connectivity index (χ0) is 12.3. The Hall–Kier alpha value is -0.940. The number of hydrogen-bond acceptors (Lipinski definition) is 4. The molecule has 0 radical (unpaired) electrons. The summed E-state index contributed by atoms with van der Waals surface area (Å²) < 4.78 is 0.795. The number of rotatable bonds is 4. The zero-order valence-corrected chi connectivity index (χ0v) is 12.2. The molecule has 0 aliphatic heterocycles. The Bertz CT molecular complexity index is 482. The van der Waals surface area contributed by atoms with Crippen molar-refractivity contribution in [3.8, 4) is 0 Å². The standard InChI is InChI=1S/C12H14BrN3S/c1-12(2,9-4-3-5-17-9)7-14-11-6-10(13)15-8-16-11/h3-6,8H,7H2,1-2H3,(H,14,15,16). The maximum Gasteiger partial charge on any atom is 0.130 e. The molecule has 2 aromatic heterocycles. The Kier molecular flexibility index (Phi) is 3.79. The molecule has 2 heterocycles. The summed E-state index contributed by atoms with van der Waals surface area (Å²) in [5.74, 6) is 0.844. The van der Waals surface area contributed by atoms with Gasteiger partial charge in [-0.1, -0.05) is 19.9 Å². The Balaban J connectivity index is 2.03. The number of nitrogens with zero attached hydrogens (tertiary/aromatic N) is 2. The average molecular weight is 312 g/mol. The van der Waals surface area contributed by atoms with Gasteiger partial charge in [0.1, 0.15) is 16.7 Å². The van der Waals surface area contributed by atoms with E-state index in [2.05, 4.69) is 62.6 Å². The van der Waals surface area contributed by atoms with Gasteiger partial charge >= 0.3 is 0 Å². The van der Waals surface area contributed by atoms with Crippen molar-refractivity contribution in [1.82, 2.24) is 9.97 Å². The molecule has 0 spiro atoms. The molecule has 90 valence electrons. The largest absolute Gasteiger partial charge is 0.369 e. The molecule has 0 atom stereocenters. The number of hydrogen-bond donors (Lipinski definition) is 1. The molecule has 0 saturated heterocycles. The van der Waals surface area contributed by atoms with Gasteiger partial charge in [0.2, 0.25) is 0 Å². The van der Waals surface area contributed by atoms with Crippen LogP contribution in [0.3, 0.4) is 0 Å². The fourth-order valence-corrected chi connectivity index (χ4v) is 2.65. The van der Waals surface area contributed by atoms with Crippen LogP contribution >= 0.6 is 27.3 Å². The van der Waals surface area contributed by atoms with Crippen LogP contribution in [0.5, 0.6) is 0 Å². The van der Waals surface area contributed by atoms with Gasteiger partial charge in [-0.05, 0) is 27.4 Å². The first-order chi connectivity index (χ1) is 8.08. The summed E-state index contributed by atoms with van der Waals surface area (Å²) in [4.78, 5) is 9.55. The summed E-state index contributed by atoms with van der Waals surface area (Å²) >= 11 is 5.12. The van der Waals surface area contributed by atoms with Crippen LogP contribution in [0.1, 0.15) is 18.7 Å². The first-order valence-corrected chi connectivity index (χ1v) is 7.00. The van der Waals surface area contributed by atoms with E-state index in [1.807, 2.05) is 6.07 Å². The third-order valence-electron chi connectivity index (χ3n) is 2.53. The number of anilines is 1. The molecule has 0 aliphatic carbocycles. The fourth-order valence-electron chi connectivity index (χ4n) is 1.49. The van der Waals surface area contributed by atoms with Crippen LogP contribution < -0.4 is 5.32 Å². The van der Waals surface area contributed by atoms with Crippen LogP contribution in [0.25, 0.3) is 0 Å². The van der Waals surface area contributed by atoms with Gasteiger partial charge < -0.3 is 5.32 Å². The average Bonchev–Trinajstić information content (AvgIpc) is 2.81. The van der Waals surface area contributed by atoms with E-state index < -0.39 is 0 Å². The molecule has 0 aliphatic rings. The molecule has 1 N–H and O–H groups in total. The summed E-state index contributed by atoms with van der Waals surface area (Å²) in [7, 11) is 0. The van der Waals surface area contributed by atoms with E-state index in [0.717, 1.165) is 17.0 Å². The minimum Gasteiger partial charge on any atom is -0.369 e. The summed E-state index contributed by atoms with van der Waals surface area (Å²) in [6.45, 7) is 5.29. The highest BCUT2D eigenvalue weighted by Crippen LogP contribution is 2.27. The van der Waals surface area contributed by atoms with Crippen LogP contribution in [0.2, 0.25) is 0 Å². The van der Waals surface area contributed by atoms with Gasteiger partial charge in [0.25, 0.3) is 0 Å². The van der Waals surface area contributed by atoms with Gasteiger partial charge in [0.15, 0.2) is 0 Å². The predicted octanol–water partition coefficient (Wildman–Crippen LogP) is 3.69. The van der Waals surface area contributed by atoms with Crippen LogP contribution in [-0.2, 0) is 5.41 Å². The van der Waals surface area contributed by atoms with E-state index in [0.29, 0.717) is 0 Å². The molecule has 0 amide bonds. The number of aromatic nitrogens is 2. The third-order valence-corrected chi connectivity index (χ3v) is 4.20. The van der Waals surface area contributed by atoms with E-state index in [4.69, 9.17) is 0 Å². The number of thiophene rings is 1. The van der Waals surface area contributed by atoms with Gasteiger partial charge in [0.05, 0.1) is 0 Å². The molecule has 17 heavy (non-hydrogen) atoms. The van der Waals surface area contributed by atoms with Crippen molar-refractivity contribution >= 4 is 33.1 Å². The predicted molar refractivity (Wildman–Crippen MR) is 75.6 cm³/mol. The lowest BCUT2D eigenvalue weighted by Gasteiger charge is -2.23. The van der Waals surface area contributed by atoms with Crippen molar-refractivity contribution in [2.24, 2.45) is 0 Å². The molecule has 0 saturated carbocycles. The van der Waals surface area contributed by atoms with E-state index in [-0.39, 0.29) is 5.41 Å². The van der Waals surface area contributed by atoms with E-state index >= 15 is 0 Å². The Labute approximate surface area is 113 Å². The van der Waals surface area contributed by atoms with Crippen LogP contribution in [-0.4, -0.2) is 16.5 Å². The van der Waals surface area contributed by atoms with Gasteiger partial charge in [0, 0.05) is 22.9 Å². The summed E-state index contributed by atoms with van der Waals surface area (Å²) in [6, 6.07) is 6.13. The molecule has 3 nitrogen and oxygen atoms in total. The lowest BCUT2D eigenvalue weighted by Crippen LogP contribution is -2.26. The van der Waals surface area contributed by atoms with E-state index in [9.17, 15) is 0 Å². The lowest BCUT2D eigenvalue weighted by atomic mass is 9.91. The second-order valence-electron chi connectivity index (χ2n) is 4.44. The monoisotopic (exact) mass is 311 g/mol. The highest BCUT2D eigenvalue weighted by molar-refractivity contribution is 9.10. The second kappa shape index (κ2) is 5.14. The molecular weight excluding hydrogens is 298 g/mol. The van der Waals surface area contributed by atoms with Crippen LogP contribution in [0.4, 0.5) is 5.82 Å². The van der Waals surface area contributed by atoms with Crippen LogP contribution in [0, 0.1) is 0 Å². The fraction of sp³-hybridized carbons (Fsp3) is 0.333. The summed E-state index contributed by atoms with van der Waals surface area (Å²) in [5.41, 5.74) is 0.103. The number of nitrogens with one attached hydrogen (secondary N) is 1. The van der Waals surface area contributed by atoms with Crippen molar-refractivity contribution in [2.45, 2.75) is 19.3 Å². The van der Waals surface area contributed by atoms with Crippen molar-refractivity contribution < 1.29 is 0 Å². The normalized spacial score (nSPS) is 11.5. The van der Waals surface area contributed by atoms with E-state index in [1.54, 1.807) is 17.7 Å². The van der Waals surface area contributed by atoms with Crippen molar-refractivity contribution in [3.05, 3.63) is 39.4 Å². The second-order valence-corrected chi connectivity index (χ2v) is 6.20. The Morgan fingerprint density at radius 3 is 2.88 bits per heavy atom. The highest BCUT2D eigenvalue weighted by Gasteiger charge is 2.21. The Morgan fingerprint density at radius 2 is 2.24 bits per heavy atom. The Morgan fingerprint density at radius 1 is 1.41 bits per heavy atom. The van der Waals surface area contributed by atoms with Gasteiger partial charge in [-0.2, -0.15) is 0 Å². The maximum absolute atomic E-state index is 4.18. The first-order valence-electron chi connectivity index (χ1n) is 5.33. The summed E-state index contributed by atoms with van der Waals surface area (Å²) in [5, 5.41) is 5.45. The minimum atomic E-state index is 0.103. The zero-order valence-electron chi connectivity index (χ0n) is 9.77. The molecule has 0 aromatic carbocycles. The van der Waals surface area contributed by atoms with Crippen molar-refractivity contribution in [2.75, 3.05) is 11.9 Å². The maximum atomic E-state index is 4.18. The molecule has 0 bridgehead atoms. The van der Waals surface area contributed by atoms with Crippen LogP contribution in [0.15, 0.2) is 34.5 Å². The quantitative estimate of drug-likeness (QED) is 0.875. The molecule has 0 unspecified atom stereocenters. The SMILES string of the molecule is CC(C)(CNc1cc(Br)ncn1)c1cccs1. The summed E-state index contributed by atoms with van der Waals surface area (Å²) in [6.07, 6.45) is 1.55. The molecule has 2 aromatic rings. The number of halogens is 1. The van der Waals surface area contributed by atoms with Crippen molar-refractivity contribution in [3.63, 3.8) is 0 Å². The third kappa shape index (κ3) is 3.26. The van der Waals surface area contributed by atoms with Crippen molar-refractivity contribution in [1.29, 1.82) is 0 Å².